The van der Waals surface area contributed by atoms with Crippen molar-refractivity contribution in [2.75, 3.05) is 18.8 Å². The number of rotatable bonds is 5. The van der Waals surface area contributed by atoms with Crippen LogP contribution in [0.1, 0.15) is 29.3 Å². The van der Waals surface area contributed by atoms with Crippen molar-refractivity contribution in [3.8, 4) is 0 Å². The lowest BCUT2D eigenvalue weighted by molar-refractivity contribution is -0.120. The molecule has 0 aliphatic rings. The number of hydrogen-bond donors (Lipinski definition) is 3. The molecule has 104 valence electrons. The number of carbonyl (C=O) groups is 2. The molecule has 4 N–H and O–H groups in total. The Hall–Kier alpha value is -2.11. The Morgan fingerprint density at radius 3 is 2.58 bits per heavy atom. The minimum atomic E-state index is -0.541. The number of carbonyl (C=O) groups excluding carboxylic acids is 2. The van der Waals surface area contributed by atoms with Crippen LogP contribution in [0.2, 0.25) is 0 Å². The van der Waals surface area contributed by atoms with E-state index < -0.39 is 11.7 Å². The van der Waals surface area contributed by atoms with Gasteiger partial charge >= 0.3 is 0 Å². The smallest absolute Gasteiger partial charge is 0.251 e. The molecule has 0 spiro atoms. The van der Waals surface area contributed by atoms with Gasteiger partial charge in [-0.2, -0.15) is 0 Å². The molecule has 0 saturated carbocycles. The van der Waals surface area contributed by atoms with E-state index in [-0.39, 0.29) is 23.7 Å². The second-order valence-corrected chi connectivity index (χ2v) is 4.20. The fraction of sp³-hybridized carbons (Fsp3) is 0.385. The van der Waals surface area contributed by atoms with Gasteiger partial charge in [0.15, 0.2) is 0 Å². The van der Waals surface area contributed by atoms with Crippen LogP contribution >= 0.6 is 0 Å². The standard InChI is InChI=1S/C13H18FN3O2/c1-3-4-16-12(18)7-17-13(19)9-5-10(14)8(2)11(15)6-9/h5-6H,3-4,7,15H2,1-2H3,(H,16,18)(H,17,19). The molecule has 0 unspecified atom stereocenters. The summed E-state index contributed by atoms with van der Waals surface area (Å²) < 4.78 is 13.4. The first kappa shape index (κ1) is 14.9. The first-order valence-corrected chi connectivity index (χ1v) is 6.06. The Labute approximate surface area is 111 Å². The Kier molecular flexibility index (Phi) is 5.29. The summed E-state index contributed by atoms with van der Waals surface area (Å²) in [6, 6.07) is 2.49. The zero-order valence-electron chi connectivity index (χ0n) is 11.0. The van der Waals surface area contributed by atoms with Crippen molar-refractivity contribution in [3.05, 3.63) is 29.1 Å². The highest BCUT2D eigenvalue weighted by Gasteiger charge is 2.12. The average Bonchev–Trinajstić information content (AvgIpc) is 2.39. The summed E-state index contributed by atoms with van der Waals surface area (Å²) in [6.07, 6.45) is 0.819. The number of hydrogen-bond acceptors (Lipinski definition) is 3. The van der Waals surface area contributed by atoms with Gasteiger partial charge in [-0.1, -0.05) is 6.92 Å². The lowest BCUT2D eigenvalue weighted by Gasteiger charge is -2.08. The van der Waals surface area contributed by atoms with E-state index in [1.165, 1.54) is 13.0 Å². The molecular formula is C13H18FN3O2. The lowest BCUT2D eigenvalue weighted by Crippen LogP contribution is -2.37. The maximum absolute atomic E-state index is 13.4. The molecule has 0 radical (unpaired) electrons. The van der Waals surface area contributed by atoms with E-state index in [0.29, 0.717) is 12.1 Å². The fourth-order valence-electron chi connectivity index (χ4n) is 1.42. The van der Waals surface area contributed by atoms with E-state index >= 15 is 0 Å². The van der Waals surface area contributed by atoms with Crippen molar-refractivity contribution in [2.45, 2.75) is 20.3 Å². The normalized spacial score (nSPS) is 10.1. The van der Waals surface area contributed by atoms with Crippen LogP contribution in [-0.2, 0) is 4.79 Å². The molecule has 0 atom stereocenters. The molecule has 0 saturated heterocycles. The Morgan fingerprint density at radius 2 is 2.00 bits per heavy atom. The van der Waals surface area contributed by atoms with Crippen LogP contribution in [0, 0.1) is 12.7 Å². The van der Waals surface area contributed by atoms with Crippen molar-refractivity contribution in [1.82, 2.24) is 10.6 Å². The largest absolute Gasteiger partial charge is 0.398 e. The van der Waals surface area contributed by atoms with Crippen molar-refractivity contribution in [2.24, 2.45) is 0 Å². The molecule has 1 rings (SSSR count). The van der Waals surface area contributed by atoms with Crippen molar-refractivity contribution in [1.29, 1.82) is 0 Å². The molecule has 19 heavy (non-hydrogen) atoms. The number of halogens is 1. The molecule has 0 fully saturated rings. The van der Waals surface area contributed by atoms with E-state index in [1.54, 1.807) is 0 Å². The van der Waals surface area contributed by atoms with Gasteiger partial charge in [-0.15, -0.1) is 0 Å². The van der Waals surface area contributed by atoms with Gasteiger partial charge in [-0.05, 0) is 25.5 Å². The van der Waals surface area contributed by atoms with E-state index in [4.69, 9.17) is 5.73 Å². The third kappa shape index (κ3) is 4.24. The topological polar surface area (TPSA) is 84.2 Å². The van der Waals surface area contributed by atoms with Gasteiger partial charge in [-0.25, -0.2) is 4.39 Å². The molecule has 0 aliphatic carbocycles. The summed E-state index contributed by atoms with van der Waals surface area (Å²) in [6.45, 7) is 3.87. The number of nitrogen functional groups attached to an aromatic ring is 1. The maximum atomic E-state index is 13.4. The predicted octanol–water partition coefficient (Wildman–Crippen LogP) is 0.972. The quantitative estimate of drug-likeness (QED) is 0.695. The highest BCUT2D eigenvalue weighted by atomic mass is 19.1. The SMILES string of the molecule is CCCNC(=O)CNC(=O)c1cc(N)c(C)c(F)c1. The van der Waals surface area contributed by atoms with Crippen LogP contribution in [0.25, 0.3) is 0 Å². The summed E-state index contributed by atoms with van der Waals surface area (Å²) >= 11 is 0. The Morgan fingerprint density at radius 1 is 1.32 bits per heavy atom. The molecule has 5 nitrogen and oxygen atoms in total. The van der Waals surface area contributed by atoms with Gasteiger partial charge < -0.3 is 16.4 Å². The number of nitrogens with one attached hydrogen (secondary N) is 2. The highest BCUT2D eigenvalue weighted by molar-refractivity contribution is 5.97. The first-order chi connectivity index (χ1) is 8.95. The third-order valence-electron chi connectivity index (χ3n) is 2.63. The van der Waals surface area contributed by atoms with Crippen LogP contribution < -0.4 is 16.4 Å². The molecule has 1 aromatic carbocycles. The molecule has 0 aromatic heterocycles. The average molecular weight is 267 g/mol. The van der Waals surface area contributed by atoms with Crippen molar-refractivity contribution < 1.29 is 14.0 Å². The number of nitrogens with two attached hydrogens (primary N) is 1. The first-order valence-electron chi connectivity index (χ1n) is 6.06. The van der Waals surface area contributed by atoms with Crippen LogP contribution in [0.4, 0.5) is 10.1 Å². The van der Waals surface area contributed by atoms with Gasteiger partial charge in [0.1, 0.15) is 5.82 Å². The summed E-state index contributed by atoms with van der Waals surface area (Å²) in [5.74, 6) is -1.35. The number of benzene rings is 1. The summed E-state index contributed by atoms with van der Waals surface area (Å²) in [5.41, 5.74) is 6.19. The van der Waals surface area contributed by atoms with Crippen LogP contribution in [-0.4, -0.2) is 24.9 Å². The molecule has 1 aromatic rings. The molecule has 2 amide bonds. The van der Waals surface area contributed by atoms with Crippen LogP contribution in [0.15, 0.2) is 12.1 Å². The number of anilines is 1. The Bertz CT molecular complexity index is 466. The minimum absolute atomic E-state index is 0.101. The van der Waals surface area contributed by atoms with E-state index in [2.05, 4.69) is 10.6 Å². The van der Waals surface area contributed by atoms with E-state index in [1.807, 2.05) is 6.92 Å². The molecule has 0 aliphatic heterocycles. The molecule has 0 heterocycles. The van der Waals surface area contributed by atoms with Crippen LogP contribution in [0.3, 0.4) is 0 Å². The zero-order chi connectivity index (χ0) is 14.4. The van der Waals surface area contributed by atoms with Gasteiger partial charge in [0.2, 0.25) is 5.91 Å². The second kappa shape index (κ2) is 6.72. The molecule has 6 heteroatoms. The third-order valence-corrected chi connectivity index (χ3v) is 2.63. The number of amides is 2. The van der Waals surface area contributed by atoms with E-state index in [0.717, 1.165) is 12.5 Å². The maximum Gasteiger partial charge on any atom is 0.251 e. The summed E-state index contributed by atoms with van der Waals surface area (Å²) in [7, 11) is 0. The molecule has 0 bridgehead atoms. The van der Waals surface area contributed by atoms with Crippen molar-refractivity contribution in [3.63, 3.8) is 0 Å². The van der Waals surface area contributed by atoms with E-state index in [9.17, 15) is 14.0 Å². The predicted molar refractivity (Wildman–Crippen MR) is 71.2 cm³/mol. The van der Waals surface area contributed by atoms with Gasteiger partial charge in [0.05, 0.1) is 6.54 Å². The summed E-state index contributed by atoms with van der Waals surface area (Å²) in [4.78, 5) is 23.0. The fourth-order valence-corrected chi connectivity index (χ4v) is 1.42. The molecular weight excluding hydrogens is 249 g/mol. The van der Waals surface area contributed by atoms with Gasteiger partial charge in [-0.3, -0.25) is 9.59 Å². The zero-order valence-corrected chi connectivity index (χ0v) is 11.0. The summed E-state index contributed by atoms with van der Waals surface area (Å²) in [5, 5.41) is 5.03. The van der Waals surface area contributed by atoms with Gasteiger partial charge in [0.25, 0.3) is 5.91 Å². The lowest BCUT2D eigenvalue weighted by atomic mass is 10.1. The second-order valence-electron chi connectivity index (χ2n) is 4.20. The Balaban J connectivity index is 2.61. The monoisotopic (exact) mass is 267 g/mol. The van der Waals surface area contributed by atoms with Crippen LogP contribution in [0.5, 0.6) is 0 Å². The minimum Gasteiger partial charge on any atom is -0.398 e. The van der Waals surface area contributed by atoms with Gasteiger partial charge in [0, 0.05) is 23.4 Å². The highest BCUT2D eigenvalue weighted by Crippen LogP contribution is 2.17. The van der Waals surface area contributed by atoms with Crippen molar-refractivity contribution >= 4 is 17.5 Å².